The molecule has 0 aliphatic heterocycles. The molecule has 0 saturated heterocycles. The molecule has 0 fully saturated rings. The van der Waals surface area contributed by atoms with Crippen LogP contribution in [0.3, 0.4) is 0 Å². The van der Waals surface area contributed by atoms with E-state index in [2.05, 4.69) is 40.8 Å². The van der Waals surface area contributed by atoms with E-state index < -0.39 is 0 Å². The van der Waals surface area contributed by atoms with Gasteiger partial charge in [0.15, 0.2) is 0 Å². The van der Waals surface area contributed by atoms with E-state index in [1.165, 1.54) is 88.5 Å². The SMILES string of the molecule is [S-]c1nnc(SSc2nnc([S-])s2)s1.[S-]c1nnc(SSc2nnc([S-])s2)s1.[Zn+2].[Zn+2]. The fourth-order valence-electron chi connectivity index (χ4n) is 1.07. The minimum absolute atomic E-state index is 0. The van der Waals surface area contributed by atoms with Gasteiger partial charge in [0.25, 0.3) is 0 Å². The molecule has 0 bridgehead atoms. The monoisotopic (exact) mass is 720 g/mol. The number of aromatic nitrogens is 8. The van der Waals surface area contributed by atoms with Crippen LogP contribution in [0.2, 0.25) is 0 Å². The maximum Gasteiger partial charge on any atom is 2.00 e. The Morgan fingerprint density at radius 3 is 0.733 bits per heavy atom. The van der Waals surface area contributed by atoms with Gasteiger partial charge in [-0.1, -0.05) is 0 Å². The van der Waals surface area contributed by atoms with E-state index in [1.807, 2.05) is 0 Å². The molecule has 0 aromatic carbocycles. The van der Waals surface area contributed by atoms with Gasteiger partial charge in [-0.25, -0.2) is 0 Å². The van der Waals surface area contributed by atoms with Crippen LogP contribution in [-0.2, 0) is 89.5 Å². The summed E-state index contributed by atoms with van der Waals surface area (Å²) in [5.74, 6) is 0. The van der Waals surface area contributed by atoms with Crippen LogP contribution in [0.5, 0.6) is 0 Å². The van der Waals surface area contributed by atoms with Gasteiger partial charge >= 0.3 is 39.0 Å². The van der Waals surface area contributed by atoms with Crippen LogP contribution in [-0.4, -0.2) is 40.8 Å². The Balaban J connectivity index is 0.000000281. The van der Waals surface area contributed by atoms with Crippen molar-refractivity contribution in [2.24, 2.45) is 0 Å². The average Bonchev–Trinajstić information content (AvgIpc) is 3.43. The van der Waals surface area contributed by atoms with Crippen LogP contribution in [0.15, 0.2) is 34.7 Å². The smallest absolute Gasteiger partial charge is 0.406 e. The summed E-state index contributed by atoms with van der Waals surface area (Å²) in [5.41, 5.74) is 0. The molecule has 22 heteroatoms. The molecule has 0 aliphatic carbocycles. The molecule has 4 aromatic heterocycles. The Morgan fingerprint density at radius 1 is 0.400 bits per heavy atom. The third kappa shape index (κ3) is 10.8. The molecule has 148 valence electrons. The molecule has 4 aromatic rings. The summed E-state index contributed by atoms with van der Waals surface area (Å²) < 4.78 is 5.48. The molecular weight excluding hydrogens is 724 g/mol. The first-order chi connectivity index (χ1) is 13.5. The summed E-state index contributed by atoms with van der Waals surface area (Å²) in [5, 5.41) is 30.4. The summed E-state index contributed by atoms with van der Waals surface area (Å²) in [4.78, 5) is 0. The molecule has 0 amide bonds. The summed E-state index contributed by atoms with van der Waals surface area (Å²) in [6.45, 7) is 0. The summed E-state index contributed by atoms with van der Waals surface area (Å²) in [6.07, 6.45) is 0. The zero-order valence-electron chi connectivity index (χ0n) is 13.9. The van der Waals surface area contributed by atoms with Crippen molar-refractivity contribution >= 4 is 139 Å². The molecule has 0 radical (unpaired) electrons. The first-order valence-electron chi connectivity index (χ1n) is 6.19. The maximum atomic E-state index is 4.85. The molecule has 8 nitrogen and oxygen atoms in total. The van der Waals surface area contributed by atoms with Gasteiger partial charge < -0.3 is 95.9 Å². The second kappa shape index (κ2) is 15.6. The Morgan fingerprint density at radius 2 is 0.600 bits per heavy atom. The van der Waals surface area contributed by atoms with Crippen LogP contribution in [0.25, 0.3) is 0 Å². The molecule has 4 rings (SSSR count). The molecular formula is C8N8S12Zn2. The van der Waals surface area contributed by atoms with E-state index in [0.717, 1.165) is 17.4 Å². The van der Waals surface area contributed by atoms with E-state index in [-0.39, 0.29) is 39.0 Å². The van der Waals surface area contributed by atoms with Gasteiger partial charge in [0.1, 0.15) is 0 Å². The first kappa shape index (κ1) is 29.8. The Bertz CT molecular complexity index is 856. The number of rotatable bonds is 6. The standard InChI is InChI=1S/2C4H2N4S6.2Zn/c2*9-1-5-7-3(11-1)13-14-4-8-6-2(10)12-4;;/h2*(H,5,9)(H,6,10);;/q;;2*+2/p-4. The van der Waals surface area contributed by atoms with Crippen LogP contribution in [0, 0.1) is 0 Å². The minimum atomic E-state index is 0. The Labute approximate surface area is 249 Å². The van der Waals surface area contributed by atoms with Crippen LogP contribution >= 0.6 is 88.5 Å². The topological polar surface area (TPSA) is 103 Å². The molecule has 0 N–H and O–H groups in total. The fraction of sp³-hybridized carbons (Fsp3) is 0. The molecule has 30 heavy (non-hydrogen) atoms. The number of nitrogens with zero attached hydrogens (tertiary/aromatic N) is 8. The van der Waals surface area contributed by atoms with Crippen molar-refractivity contribution in [1.29, 1.82) is 0 Å². The number of hydrogen-bond acceptors (Lipinski definition) is 20. The third-order valence-corrected chi connectivity index (χ3v) is 12.0. The second-order valence-electron chi connectivity index (χ2n) is 3.67. The van der Waals surface area contributed by atoms with Crippen molar-refractivity contribution in [3.63, 3.8) is 0 Å². The van der Waals surface area contributed by atoms with E-state index in [4.69, 9.17) is 50.5 Å². The van der Waals surface area contributed by atoms with Gasteiger partial charge in [-0.2, -0.15) is 40.8 Å². The fourth-order valence-corrected chi connectivity index (χ4v) is 9.84. The molecule has 0 spiro atoms. The maximum absolute atomic E-state index is 4.85. The summed E-state index contributed by atoms with van der Waals surface area (Å²) in [6, 6.07) is 0. The van der Waals surface area contributed by atoms with Crippen molar-refractivity contribution in [2.45, 2.75) is 34.7 Å². The van der Waals surface area contributed by atoms with Crippen molar-refractivity contribution < 1.29 is 39.0 Å². The van der Waals surface area contributed by atoms with E-state index in [0.29, 0.717) is 17.4 Å². The van der Waals surface area contributed by atoms with E-state index in [1.54, 1.807) is 0 Å². The molecule has 0 unspecified atom stereocenters. The van der Waals surface area contributed by atoms with Crippen LogP contribution < -0.4 is 0 Å². The summed E-state index contributed by atoms with van der Waals surface area (Å²) >= 11 is 24.9. The average molecular weight is 724 g/mol. The third-order valence-electron chi connectivity index (χ3n) is 1.92. The van der Waals surface area contributed by atoms with Crippen molar-refractivity contribution in [3.8, 4) is 0 Å². The predicted molar refractivity (Wildman–Crippen MR) is 126 cm³/mol. The minimum Gasteiger partial charge on any atom is -0.406 e. The number of hydrogen-bond donors (Lipinski definition) is 0. The quantitative estimate of drug-likeness (QED) is 0.163. The Hall–Kier alpha value is 1.77. The summed E-state index contributed by atoms with van der Waals surface area (Å²) in [7, 11) is 5.86. The predicted octanol–water partition coefficient (Wildman–Crippen LogP) is 4.00. The Kier molecular flexibility index (Phi) is 15.5. The van der Waals surface area contributed by atoms with Gasteiger partial charge in [-0.05, 0) is 60.5 Å². The van der Waals surface area contributed by atoms with Gasteiger partial charge in [0.2, 0.25) is 0 Å². The van der Waals surface area contributed by atoms with Crippen LogP contribution in [0.1, 0.15) is 0 Å². The molecule has 0 aliphatic rings. The van der Waals surface area contributed by atoms with E-state index in [9.17, 15) is 0 Å². The molecule has 0 atom stereocenters. The van der Waals surface area contributed by atoms with Gasteiger partial charge in [0, 0.05) is 0 Å². The van der Waals surface area contributed by atoms with Gasteiger partial charge in [0.05, 0.1) is 17.4 Å². The molecule has 4 heterocycles. The van der Waals surface area contributed by atoms with E-state index >= 15 is 0 Å². The normalized spacial score (nSPS) is 9.87. The van der Waals surface area contributed by atoms with Crippen LogP contribution in [0.4, 0.5) is 0 Å². The van der Waals surface area contributed by atoms with Gasteiger partial charge in [-0.15, -0.1) is 0 Å². The first-order valence-corrected chi connectivity index (χ1v) is 15.4. The van der Waals surface area contributed by atoms with Crippen molar-refractivity contribution in [2.75, 3.05) is 0 Å². The van der Waals surface area contributed by atoms with Gasteiger partial charge in [-0.3, -0.25) is 0 Å². The van der Waals surface area contributed by atoms with Crippen molar-refractivity contribution in [1.82, 2.24) is 40.8 Å². The molecule has 0 saturated carbocycles. The zero-order valence-corrected chi connectivity index (χ0v) is 29.6. The largest absolute Gasteiger partial charge is 2.00 e. The second-order valence-corrected chi connectivity index (χ2v) is 15.4. The zero-order chi connectivity index (χ0) is 19.9. The van der Waals surface area contributed by atoms with Crippen molar-refractivity contribution in [3.05, 3.63) is 0 Å².